The van der Waals surface area contributed by atoms with Gasteiger partial charge in [0.25, 0.3) is 0 Å². The molecule has 2 nitrogen and oxygen atoms in total. The van der Waals surface area contributed by atoms with Crippen molar-refractivity contribution in [2.24, 2.45) is 0 Å². The Morgan fingerprint density at radius 3 is 2.40 bits per heavy atom. The smallest absolute Gasteiger partial charge is 0.171 e. The van der Waals surface area contributed by atoms with Crippen LogP contribution in [0.5, 0.6) is 5.75 Å². The fourth-order valence-corrected chi connectivity index (χ4v) is 3.14. The fraction of sp³-hybridized carbons (Fsp3) is 0.412. The third kappa shape index (κ3) is 3.05. The number of hydrogen-bond acceptors (Lipinski definition) is 2. The van der Waals surface area contributed by atoms with Crippen LogP contribution in [-0.2, 0) is 16.4 Å². The minimum atomic E-state index is -1.09. The SMILES string of the molecule is C[SiH](C)OCc1c(C(C)(C)C)c(O)cc2ccccc12. The molecule has 0 aliphatic carbocycles. The molecule has 0 aliphatic heterocycles. The average molecular weight is 288 g/mol. The van der Waals surface area contributed by atoms with Crippen LogP contribution in [0.1, 0.15) is 31.9 Å². The van der Waals surface area contributed by atoms with Crippen LogP contribution in [0.15, 0.2) is 30.3 Å². The van der Waals surface area contributed by atoms with Gasteiger partial charge in [-0.2, -0.15) is 0 Å². The third-order valence-corrected chi connectivity index (χ3v) is 4.28. The zero-order chi connectivity index (χ0) is 14.9. The van der Waals surface area contributed by atoms with E-state index in [9.17, 15) is 5.11 Å². The average Bonchev–Trinajstić information content (AvgIpc) is 2.33. The molecule has 0 saturated heterocycles. The van der Waals surface area contributed by atoms with Crippen molar-refractivity contribution >= 4 is 19.8 Å². The van der Waals surface area contributed by atoms with E-state index in [0.717, 1.165) is 16.5 Å². The van der Waals surface area contributed by atoms with E-state index in [-0.39, 0.29) is 5.41 Å². The Morgan fingerprint density at radius 2 is 1.80 bits per heavy atom. The number of benzene rings is 2. The molecule has 1 N–H and O–H groups in total. The number of hydrogen-bond donors (Lipinski definition) is 1. The fourth-order valence-electron chi connectivity index (χ4n) is 2.64. The van der Waals surface area contributed by atoms with Crippen LogP contribution in [0.4, 0.5) is 0 Å². The molecule has 0 saturated carbocycles. The van der Waals surface area contributed by atoms with E-state index >= 15 is 0 Å². The van der Waals surface area contributed by atoms with Gasteiger partial charge in [-0.05, 0) is 40.9 Å². The molecule has 0 unspecified atom stereocenters. The van der Waals surface area contributed by atoms with Gasteiger partial charge in [-0.1, -0.05) is 45.0 Å². The molecular formula is C17H24O2Si. The van der Waals surface area contributed by atoms with Crippen molar-refractivity contribution in [3.63, 3.8) is 0 Å². The molecule has 0 bridgehead atoms. The van der Waals surface area contributed by atoms with Gasteiger partial charge < -0.3 is 9.53 Å². The van der Waals surface area contributed by atoms with Gasteiger partial charge in [0, 0.05) is 5.56 Å². The van der Waals surface area contributed by atoms with Crippen molar-refractivity contribution in [1.29, 1.82) is 0 Å². The Labute approximate surface area is 123 Å². The zero-order valence-corrected chi connectivity index (χ0v) is 14.2. The molecular weight excluding hydrogens is 264 g/mol. The predicted molar refractivity (Wildman–Crippen MR) is 88.0 cm³/mol. The highest BCUT2D eigenvalue weighted by Gasteiger charge is 2.24. The second-order valence-corrected chi connectivity index (χ2v) is 9.01. The topological polar surface area (TPSA) is 29.5 Å². The van der Waals surface area contributed by atoms with Crippen LogP contribution in [-0.4, -0.2) is 14.1 Å². The standard InChI is InChI=1S/C17H24O2Si/c1-17(2,3)16-14(11-19-20(4)5)13-9-7-6-8-12(13)10-15(16)18/h6-10,18,20H,11H2,1-5H3. The van der Waals surface area contributed by atoms with Crippen LogP contribution in [0.3, 0.4) is 0 Å². The van der Waals surface area contributed by atoms with Crippen molar-refractivity contribution in [3.8, 4) is 5.75 Å². The van der Waals surface area contributed by atoms with E-state index in [1.165, 1.54) is 5.39 Å². The number of rotatable bonds is 3. The molecule has 0 aliphatic rings. The summed E-state index contributed by atoms with van der Waals surface area (Å²) in [6.07, 6.45) is 0. The van der Waals surface area contributed by atoms with Gasteiger partial charge in [0.2, 0.25) is 0 Å². The van der Waals surface area contributed by atoms with Crippen LogP contribution >= 0.6 is 0 Å². The Hall–Kier alpha value is -1.32. The summed E-state index contributed by atoms with van der Waals surface area (Å²) in [5.74, 6) is 0.375. The molecule has 0 spiro atoms. The van der Waals surface area contributed by atoms with Gasteiger partial charge in [0.05, 0.1) is 6.61 Å². The molecule has 0 atom stereocenters. The summed E-state index contributed by atoms with van der Waals surface area (Å²) in [5.41, 5.74) is 2.03. The second-order valence-electron chi connectivity index (χ2n) is 6.58. The highest BCUT2D eigenvalue weighted by molar-refractivity contribution is 6.48. The molecule has 2 aromatic carbocycles. The van der Waals surface area contributed by atoms with Gasteiger partial charge in [0.15, 0.2) is 9.04 Å². The zero-order valence-electron chi connectivity index (χ0n) is 13.0. The first-order valence-electron chi connectivity index (χ1n) is 7.16. The number of phenols is 1. The highest BCUT2D eigenvalue weighted by Crippen LogP contribution is 2.38. The molecule has 0 heterocycles. The quantitative estimate of drug-likeness (QED) is 0.851. The van der Waals surface area contributed by atoms with Crippen LogP contribution in [0.2, 0.25) is 13.1 Å². The van der Waals surface area contributed by atoms with Crippen LogP contribution < -0.4 is 0 Å². The molecule has 3 heteroatoms. The summed E-state index contributed by atoms with van der Waals surface area (Å²) < 4.78 is 5.95. The lowest BCUT2D eigenvalue weighted by atomic mass is 9.81. The number of aromatic hydroxyl groups is 1. The summed E-state index contributed by atoms with van der Waals surface area (Å²) in [7, 11) is -1.09. The Bertz CT molecular complexity index is 612. The Morgan fingerprint density at radius 1 is 1.15 bits per heavy atom. The summed E-state index contributed by atoms with van der Waals surface area (Å²) in [6, 6.07) is 10.1. The summed E-state index contributed by atoms with van der Waals surface area (Å²) >= 11 is 0. The first kappa shape index (κ1) is 15.1. The maximum atomic E-state index is 10.4. The van der Waals surface area contributed by atoms with E-state index in [0.29, 0.717) is 12.4 Å². The van der Waals surface area contributed by atoms with Gasteiger partial charge in [-0.25, -0.2) is 0 Å². The molecule has 20 heavy (non-hydrogen) atoms. The lowest BCUT2D eigenvalue weighted by molar-refractivity contribution is 0.310. The largest absolute Gasteiger partial charge is 0.508 e. The van der Waals surface area contributed by atoms with E-state index in [1.54, 1.807) is 0 Å². The van der Waals surface area contributed by atoms with E-state index in [1.807, 2.05) is 24.3 Å². The van der Waals surface area contributed by atoms with Crippen molar-refractivity contribution in [2.75, 3.05) is 0 Å². The third-order valence-electron chi connectivity index (χ3n) is 3.45. The second kappa shape index (κ2) is 5.58. The van der Waals surface area contributed by atoms with Crippen molar-refractivity contribution in [1.82, 2.24) is 0 Å². The van der Waals surface area contributed by atoms with Crippen molar-refractivity contribution < 1.29 is 9.53 Å². The number of phenolic OH excluding ortho intramolecular Hbond substituents is 1. The van der Waals surface area contributed by atoms with Gasteiger partial charge in [-0.15, -0.1) is 0 Å². The highest BCUT2D eigenvalue weighted by atomic mass is 28.3. The lowest BCUT2D eigenvalue weighted by Crippen LogP contribution is -2.17. The van der Waals surface area contributed by atoms with Crippen LogP contribution in [0, 0.1) is 0 Å². The van der Waals surface area contributed by atoms with E-state index in [2.05, 4.69) is 39.9 Å². The summed E-state index contributed by atoms with van der Waals surface area (Å²) in [4.78, 5) is 0. The first-order chi connectivity index (χ1) is 9.30. The van der Waals surface area contributed by atoms with Crippen molar-refractivity contribution in [2.45, 2.75) is 45.9 Å². The summed E-state index contributed by atoms with van der Waals surface area (Å²) in [6.45, 7) is 11.3. The molecule has 0 amide bonds. The maximum absolute atomic E-state index is 10.4. The maximum Gasteiger partial charge on any atom is 0.171 e. The molecule has 2 aromatic rings. The monoisotopic (exact) mass is 288 g/mol. The first-order valence-corrected chi connectivity index (χ1v) is 9.94. The Kier molecular flexibility index (Phi) is 4.21. The molecule has 0 radical (unpaired) electrons. The molecule has 0 fully saturated rings. The Balaban J connectivity index is 2.69. The molecule has 0 aromatic heterocycles. The van der Waals surface area contributed by atoms with E-state index in [4.69, 9.17) is 4.43 Å². The predicted octanol–water partition coefficient (Wildman–Crippen LogP) is 4.34. The lowest BCUT2D eigenvalue weighted by Gasteiger charge is -2.26. The molecule has 108 valence electrons. The summed E-state index contributed by atoms with van der Waals surface area (Å²) in [5, 5.41) is 12.7. The van der Waals surface area contributed by atoms with E-state index < -0.39 is 9.04 Å². The van der Waals surface area contributed by atoms with Crippen molar-refractivity contribution in [3.05, 3.63) is 41.5 Å². The normalized spacial score (nSPS) is 12.3. The number of fused-ring (bicyclic) bond motifs is 1. The van der Waals surface area contributed by atoms with Crippen LogP contribution in [0.25, 0.3) is 10.8 Å². The van der Waals surface area contributed by atoms with Gasteiger partial charge in [0.1, 0.15) is 5.75 Å². The minimum absolute atomic E-state index is 0.106. The van der Waals surface area contributed by atoms with Gasteiger partial charge in [-0.3, -0.25) is 0 Å². The van der Waals surface area contributed by atoms with Gasteiger partial charge >= 0.3 is 0 Å². The molecule has 2 rings (SSSR count). The minimum Gasteiger partial charge on any atom is -0.508 e.